The number of anilines is 1. The molecule has 1 aromatic rings. The van der Waals surface area contributed by atoms with Crippen molar-refractivity contribution in [2.24, 2.45) is 0 Å². The third kappa shape index (κ3) is 3.30. The number of aromatic nitrogens is 2. The average molecular weight is 262 g/mol. The molecule has 3 rings (SSSR count). The largest absolute Gasteiger partial charge is 0.353 e. The minimum Gasteiger partial charge on any atom is -0.353 e. The third-order valence-corrected chi connectivity index (χ3v) is 4.28. The Hall–Kier alpha value is -1.03. The van der Waals surface area contributed by atoms with E-state index in [2.05, 4.69) is 39.8 Å². The molecule has 0 radical (unpaired) electrons. The van der Waals surface area contributed by atoms with Crippen LogP contribution in [0.3, 0.4) is 0 Å². The number of rotatable bonds is 5. The van der Waals surface area contributed by atoms with Gasteiger partial charge in [-0.3, -0.25) is 4.90 Å². The Morgan fingerprint density at radius 2 is 2.05 bits per heavy atom. The molecule has 0 aromatic carbocycles. The highest BCUT2D eigenvalue weighted by molar-refractivity contribution is 5.32. The van der Waals surface area contributed by atoms with Gasteiger partial charge >= 0.3 is 0 Å². The van der Waals surface area contributed by atoms with E-state index in [1.165, 1.54) is 45.2 Å². The number of imidazole rings is 1. The minimum atomic E-state index is 0.605. The van der Waals surface area contributed by atoms with Crippen LogP contribution in [0.5, 0.6) is 0 Å². The van der Waals surface area contributed by atoms with Crippen molar-refractivity contribution in [3.63, 3.8) is 0 Å². The van der Waals surface area contributed by atoms with Crippen molar-refractivity contribution < 1.29 is 0 Å². The normalized spacial score (nSPS) is 22.4. The maximum atomic E-state index is 4.62. The molecule has 2 fully saturated rings. The van der Waals surface area contributed by atoms with Crippen LogP contribution in [0.15, 0.2) is 6.20 Å². The molecule has 1 unspecified atom stereocenters. The molecule has 1 aliphatic carbocycles. The first-order chi connectivity index (χ1) is 9.22. The minimum absolute atomic E-state index is 0.605. The number of hydrogen-bond donors (Lipinski definition) is 1. The van der Waals surface area contributed by atoms with Crippen molar-refractivity contribution in [2.45, 2.75) is 64.6 Å². The molecule has 1 aromatic heterocycles. The Labute approximate surface area is 116 Å². The Balaban J connectivity index is 1.63. The molecule has 0 spiro atoms. The zero-order valence-corrected chi connectivity index (χ0v) is 12.2. The summed E-state index contributed by atoms with van der Waals surface area (Å²) in [5.41, 5.74) is 1.12. The van der Waals surface area contributed by atoms with Crippen LogP contribution in [0, 0.1) is 6.92 Å². The van der Waals surface area contributed by atoms with Crippen molar-refractivity contribution in [1.29, 1.82) is 0 Å². The number of aryl methyl sites for hydroxylation is 1. The van der Waals surface area contributed by atoms with Gasteiger partial charge in [0.2, 0.25) is 5.95 Å². The summed E-state index contributed by atoms with van der Waals surface area (Å²) in [6, 6.07) is 1.28. The van der Waals surface area contributed by atoms with Gasteiger partial charge < -0.3 is 9.88 Å². The summed E-state index contributed by atoms with van der Waals surface area (Å²) in [5.74, 6) is 1.07. The molecule has 1 aliphatic heterocycles. The van der Waals surface area contributed by atoms with E-state index in [0.29, 0.717) is 12.1 Å². The van der Waals surface area contributed by atoms with Crippen LogP contribution in [0.2, 0.25) is 0 Å². The molecule has 19 heavy (non-hydrogen) atoms. The number of likely N-dealkylation sites (tertiary alicyclic amines) is 1. The van der Waals surface area contributed by atoms with Crippen molar-refractivity contribution in [1.82, 2.24) is 14.5 Å². The van der Waals surface area contributed by atoms with E-state index >= 15 is 0 Å². The van der Waals surface area contributed by atoms with Crippen LogP contribution >= 0.6 is 0 Å². The molecule has 2 heterocycles. The fourth-order valence-corrected chi connectivity index (χ4v) is 2.97. The number of piperidine rings is 1. The predicted molar refractivity (Wildman–Crippen MR) is 78.5 cm³/mol. The zero-order valence-electron chi connectivity index (χ0n) is 12.2. The van der Waals surface area contributed by atoms with Gasteiger partial charge in [0.1, 0.15) is 0 Å². The highest BCUT2D eigenvalue weighted by Gasteiger charge is 2.24. The van der Waals surface area contributed by atoms with Crippen LogP contribution in [0.25, 0.3) is 0 Å². The highest BCUT2D eigenvalue weighted by atomic mass is 15.3. The lowest BCUT2D eigenvalue weighted by atomic mass is 10.1. The number of hydrogen-bond acceptors (Lipinski definition) is 3. The Morgan fingerprint density at radius 1 is 1.32 bits per heavy atom. The van der Waals surface area contributed by atoms with E-state index in [4.69, 9.17) is 0 Å². The molecule has 4 nitrogen and oxygen atoms in total. The maximum absolute atomic E-state index is 4.62. The second kappa shape index (κ2) is 5.53. The fourth-order valence-electron chi connectivity index (χ4n) is 2.97. The molecular formula is C15H26N4. The third-order valence-electron chi connectivity index (χ3n) is 4.28. The summed E-state index contributed by atoms with van der Waals surface area (Å²) in [4.78, 5) is 7.25. The van der Waals surface area contributed by atoms with Gasteiger partial charge in [-0.2, -0.15) is 0 Å². The topological polar surface area (TPSA) is 33.1 Å². The molecule has 1 atom stereocenters. The molecule has 2 aliphatic rings. The molecule has 0 amide bonds. The summed E-state index contributed by atoms with van der Waals surface area (Å²) in [6.45, 7) is 8.01. The van der Waals surface area contributed by atoms with Crippen LogP contribution in [-0.2, 0) is 6.54 Å². The lowest BCUT2D eigenvalue weighted by Gasteiger charge is -2.32. The molecule has 1 saturated heterocycles. The van der Waals surface area contributed by atoms with Crippen molar-refractivity contribution in [3.8, 4) is 0 Å². The second-order valence-electron chi connectivity index (χ2n) is 6.22. The Kier molecular flexibility index (Phi) is 3.78. The lowest BCUT2D eigenvalue weighted by Crippen LogP contribution is -2.39. The summed E-state index contributed by atoms with van der Waals surface area (Å²) in [6.07, 6.45) is 8.91. The van der Waals surface area contributed by atoms with Gasteiger partial charge in [0, 0.05) is 24.8 Å². The van der Waals surface area contributed by atoms with Gasteiger partial charge in [-0.15, -0.1) is 0 Å². The number of nitrogens with zero attached hydrogens (tertiary/aromatic N) is 3. The summed E-state index contributed by atoms with van der Waals surface area (Å²) >= 11 is 0. The van der Waals surface area contributed by atoms with Crippen LogP contribution in [0.1, 0.15) is 44.7 Å². The fraction of sp³-hybridized carbons (Fsp3) is 0.800. The smallest absolute Gasteiger partial charge is 0.203 e. The van der Waals surface area contributed by atoms with Gasteiger partial charge in [0.15, 0.2) is 0 Å². The van der Waals surface area contributed by atoms with E-state index in [1.54, 1.807) is 0 Å². The van der Waals surface area contributed by atoms with Crippen LogP contribution < -0.4 is 5.32 Å². The Bertz CT molecular complexity index is 416. The Morgan fingerprint density at radius 3 is 2.74 bits per heavy atom. The van der Waals surface area contributed by atoms with Crippen molar-refractivity contribution >= 4 is 5.95 Å². The van der Waals surface area contributed by atoms with Gasteiger partial charge in [-0.05, 0) is 52.6 Å². The average Bonchev–Trinajstić information content (AvgIpc) is 3.15. The van der Waals surface area contributed by atoms with Gasteiger partial charge in [-0.1, -0.05) is 6.42 Å². The first kappa shape index (κ1) is 13.0. The summed E-state index contributed by atoms with van der Waals surface area (Å²) in [7, 11) is 0. The van der Waals surface area contributed by atoms with E-state index in [9.17, 15) is 0 Å². The first-order valence-electron chi connectivity index (χ1n) is 7.77. The standard InChI is InChI=1S/C15H26N4/c1-12-10-19(15(16-12)17-14-6-7-14)11-13(2)18-8-4-3-5-9-18/h10,13-14H,3-9,11H2,1-2H3,(H,16,17). The monoisotopic (exact) mass is 262 g/mol. The van der Waals surface area contributed by atoms with E-state index < -0.39 is 0 Å². The van der Waals surface area contributed by atoms with Crippen molar-refractivity contribution in [3.05, 3.63) is 11.9 Å². The molecule has 4 heteroatoms. The zero-order chi connectivity index (χ0) is 13.2. The molecular weight excluding hydrogens is 236 g/mol. The second-order valence-corrected chi connectivity index (χ2v) is 6.22. The maximum Gasteiger partial charge on any atom is 0.203 e. The van der Waals surface area contributed by atoms with Crippen molar-refractivity contribution in [2.75, 3.05) is 18.4 Å². The molecule has 106 valence electrons. The van der Waals surface area contributed by atoms with Gasteiger partial charge in [0.25, 0.3) is 0 Å². The van der Waals surface area contributed by atoms with Gasteiger partial charge in [-0.25, -0.2) is 4.98 Å². The molecule has 1 saturated carbocycles. The quantitative estimate of drug-likeness (QED) is 0.885. The van der Waals surface area contributed by atoms with E-state index in [-0.39, 0.29) is 0 Å². The van der Waals surface area contributed by atoms with Crippen LogP contribution in [-0.4, -0.2) is 39.6 Å². The summed E-state index contributed by atoms with van der Waals surface area (Å²) in [5, 5.41) is 3.55. The highest BCUT2D eigenvalue weighted by Crippen LogP contribution is 2.25. The SMILES string of the molecule is Cc1cn(CC(C)N2CCCCC2)c(NC2CC2)n1. The van der Waals surface area contributed by atoms with Crippen LogP contribution in [0.4, 0.5) is 5.95 Å². The first-order valence-corrected chi connectivity index (χ1v) is 7.77. The molecule has 0 bridgehead atoms. The summed E-state index contributed by atoms with van der Waals surface area (Å²) < 4.78 is 2.31. The molecule has 1 N–H and O–H groups in total. The van der Waals surface area contributed by atoms with E-state index in [1.807, 2.05) is 0 Å². The van der Waals surface area contributed by atoms with E-state index in [0.717, 1.165) is 18.2 Å². The lowest BCUT2D eigenvalue weighted by molar-refractivity contribution is 0.160. The predicted octanol–water partition coefficient (Wildman–Crippen LogP) is 2.64. The number of nitrogens with one attached hydrogen (secondary N) is 1. The van der Waals surface area contributed by atoms with Gasteiger partial charge in [0.05, 0.1) is 5.69 Å².